The van der Waals surface area contributed by atoms with Gasteiger partial charge in [-0.15, -0.1) is 0 Å². The van der Waals surface area contributed by atoms with Crippen molar-refractivity contribution in [3.63, 3.8) is 0 Å². The van der Waals surface area contributed by atoms with Crippen LogP contribution in [0, 0.1) is 11.3 Å². The maximum atomic E-state index is 5.81. The van der Waals surface area contributed by atoms with Crippen molar-refractivity contribution in [3.05, 3.63) is 0 Å². The van der Waals surface area contributed by atoms with Gasteiger partial charge in [0.15, 0.2) is 0 Å². The second-order valence-electron chi connectivity index (χ2n) is 4.46. The number of ether oxygens (including phenoxy) is 1. The van der Waals surface area contributed by atoms with E-state index in [0.717, 1.165) is 25.7 Å². The van der Waals surface area contributed by atoms with Gasteiger partial charge in [-0.3, -0.25) is 0 Å². The first-order chi connectivity index (χ1) is 5.68. The Hall–Kier alpha value is -0.0800. The second kappa shape index (κ2) is 4.24. The van der Waals surface area contributed by atoms with Crippen molar-refractivity contribution >= 4 is 0 Å². The number of nitrogens with two attached hydrogens (primary N) is 1. The molecule has 0 amide bonds. The minimum absolute atomic E-state index is 0.298. The van der Waals surface area contributed by atoms with Crippen molar-refractivity contribution < 1.29 is 4.74 Å². The van der Waals surface area contributed by atoms with E-state index in [0.29, 0.717) is 5.41 Å². The smallest absolute Gasteiger partial charge is 0.0534 e. The predicted molar refractivity (Wildman–Crippen MR) is 51.0 cm³/mol. The molecule has 2 heteroatoms. The minimum Gasteiger partial charge on any atom is -0.381 e. The van der Waals surface area contributed by atoms with Crippen LogP contribution in [0.5, 0.6) is 0 Å². The number of rotatable bonds is 3. The normalized spacial score (nSPS) is 31.0. The lowest BCUT2D eigenvalue weighted by molar-refractivity contribution is -0.0137. The Kier molecular flexibility index (Phi) is 3.53. The van der Waals surface area contributed by atoms with E-state index in [1.165, 1.54) is 19.3 Å². The quantitative estimate of drug-likeness (QED) is 0.702. The topological polar surface area (TPSA) is 35.2 Å². The third kappa shape index (κ3) is 2.46. The molecule has 72 valence electrons. The third-order valence-corrected chi connectivity index (χ3v) is 2.68. The molecular formula is C10H21NO. The summed E-state index contributed by atoms with van der Waals surface area (Å²) in [4.78, 5) is 0. The monoisotopic (exact) mass is 171 g/mol. The summed E-state index contributed by atoms with van der Waals surface area (Å²) in [6, 6.07) is 0. The fraction of sp³-hybridized carbons (Fsp3) is 1.00. The summed E-state index contributed by atoms with van der Waals surface area (Å²) in [6.45, 7) is 7.10. The van der Waals surface area contributed by atoms with Crippen LogP contribution in [0.3, 0.4) is 0 Å². The highest BCUT2D eigenvalue weighted by molar-refractivity contribution is 4.83. The first kappa shape index (κ1) is 10.0. The zero-order valence-corrected chi connectivity index (χ0v) is 8.31. The van der Waals surface area contributed by atoms with Crippen molar-refractivity contribution in [2.24, 2.45) is 17.1 Å². The van der Waals surface area contributed by atoms with Crippen LogP contribution in [0.1, 0.15) is 33.1 Å². The van der Waals surface area contributed by atoms with Gasteiger partial charge in [-0.05, 0) is 25.2 Å². The largest absolute Gasteiger partial charge is 0.381 e. The molecule has 1 rings (SSSR count). The van der Waals surface area contributed by atoms with Gasteiger partial charge in [0.1, 0.15) is 0 Å². The molecule has 0 aliphatic carbocycles. The van der Waals surface area contributed by atoms with E-state index in [2.05, 4.69) is 13.8 Å². The van der Waals surface area contributed by atoms with Gasteiger partial charge in [-0.1, -0.05) is 13.8 Å². The van der Waals surface area contributed by atoms with Crippen LogP contribution < -0.4 is 5.73 Å². The van der Waals surface area contributed by atoms with E-state index in [-0.39, 0.29) is 0 Å². The molecule has 2 nitrogen and oxygen atoms in total. The lowest BCUT2D eigenvalue weighted by Crippen LogP contribution is -2.39. The zero-order valence-electron chi connectivity index (χ0n) is 8.31. The van der Waals surface area contributed by atoms with Crippen molar-refractivity contribution in [1.82, 2.24) is 0 Å². The molecule has 2 N–H and O–H groups in total. The molecule has 1 heterocycles. The predicted octanol–water partition coefficient (Wildman–Crippen LogP) is 1.79. The summed E-state index contributed by atoms with van der Waals surface area (Å²) in [6.07, 6.45) is 3.65. The molecule has 0 aromatic rings. The van der Waals surface area contributed by atoms with Crippen molar-refractivity contribution in [2.75, 3.05) is 19.8 Å². The number of hydrogen-bond donors (Lipinski definition) is 1. The highest BCUT2D eigenvalue weighted by Crippen LogP contribution is 2.33. The summed E-state index contributed by atoms with van der Waals surface area (Å²) >= 11 is 0. The van der Waals surface area contributed by atoms with E-state index >= 15 is 0 Å². The van der Waals surface area contributed by atoms with E-state index in [9.17, 15) is 0 Å². The Morgan fingerprint density at radius 3 is 2.67 bits per heavy atom. The first-order valence-corrected chi connectivity index (χ1v) is 4.96. The molecule has 0 aromatic heterocycles. The molecule has 1 atom stereocenters. The van der Waals surface area contributed by atoms with Crippen molar-refractivity contribution in [2.45, 2.75) is 33.1 Å². The molecule has 1 aliphatic rings. The Morgan fingerprint density at radius 2 is 2.25 bits per heavy atom. The third-order valence-electron chi connectivity index (χ3n) is 2.68. The molecule has 0 bridgehead atoms. The SMILES string of the molecule is CC(C)CC1(CN)CCCOC1. The molecule has 12 heavy (non-hydrogen) atoms. The van der Waals surface area contributed by atoms with Gasteiger partial charge in [-0.25, -0.2) is 0 Å². The fourth-order valence-corrected chi connectivity index (χ4v) is 2.18. The number of hydrogen-bond acceptors (Lipinski definition) is 2. The molecule has 0 aromatic carbocycles. The van der Waals surface area contributed by atoms with Crippen LogP contribution >= 0.6 is 0 Å². The van der Waals surface area contributed by atoms with Gasteiger partial charge in [-0.2, -0.15) is 0 Å². The fourth-order valence-electron chi connectivity index (χ4n) is 2.18. The van der Waals surface area contributed by atoms with Gasteiger partial charge < -0.3 is 10.5 Å². The maximum absolute atomic E-state index is 5.81. The Balaban J connectivity index is 2.48. The summed E-state index contributed by atoms with van der Waals surface area (Å²) in [7, 11) is 0. The Labute approximate surface area is 75.5 Å². The first-order valence-electron chi connectivity index (χ1n) is 4.96. The van der Waals surface area contributed by atoms with Crippen LogP contribution in [0.4, 0.5) is 0 Å². The minimum atomic E-state index is 0.298. The molecule has 0 saturated carbocycles. The molecule has 0 spiro atoms. The van der Waals surface area contributed by atoms with Gasteiger partial charge >= 0.3 is 0 Å². The Morgan fingerprint density at radius 1 is 1.50 bits per heavy atom. The van der Waals surface area contributed by atoms with Crippen LogP contribution in [0.15, 0.2) is 0 Å². The van der Waals surface area contributed by atoms with Gasteiger partial charge in [0.25, 0.3) is 0 Å². The van der Waals surface area contributed by atoms with E-state index < -0.39 is 0 Å². The molecule has 0 radical (unpaired) electrons. The Bertz CT molecular complexity index is 128. The summed E-state index contributed by atoms with van der Waals surface area (Å²) in [5.41, 5.74) is 6.10. The summed E-state index contributed by atoms with van der Waals surface area (Å²) < 4.78 is 5.50. The van der Waals surface area contributed by atoms with Gasteiger partial charge in [0.05, 0.1) is 6.61 Å². The average Bonchev–Trinajstić information content (AvgIpc) is 2.05. The molecule has 1 unspecified atom stereocenters. The van der Waals surface area contributed by atoms with Gasteiger partial charge in [0.2, 0.25) is 0 Å². The lowest BCUT2D eigenvalue weighted by Gasteiger charge is -2.37. The van der Waals surface area contributed by atoms with E-state index in [1.807, 2.05) is 0 Å². The van der Waals surface area contributed by atoms with Crippen LogP contribution in [0.25, 0.3) is 0 Å². The van der Waals surface area contributed by atoms with Crippen molar-refractivity contribution in [3.8, 4) is 0 Å². The zero-order chi connectivity index (χ0) is 9.03. The van der Waals surface area contributed by atoms with Crippen LogP contribution in [0.2, 0.25) is 0 Å². The van der Waals surface area contributed by atoms with Gasteiger partial charge in [0, 0.05) is 18.6 Å². The summed E-state index contributed by atoms with van der Waals surface area (Å²) in [5.74, 6) is 0.732. The molecule has 1 saturated heterocycles. The molecule has 1 aliphatic heterocycles. The average molecular weight is 171 g/mol. The molecular weight excluding hydrogens is 150 g/mol. The second-order valence-corrected chi connectivity index (χ2v) is 4.46. The highest BCUT2D eigenvalue weighted by atomic mass is 16.5. The maximum Gasteiger partial charge on any atom is 0.0534 e. The lowest BCUT2D eigenvalue weighted by atomic mass is 9.76. The van der Waals surface area contributed by atoms with Crippen molar-refractivity contribution in [1.29, 1.82) is 0 Å². The van der Waals surface area contributed by atoms with Crippen LogP contribution in [-0.2, 0) is 4.74 Å². The molecule has 1 fully saturated rings. The highest BCUT2D eigenvalue weighted by Gasteiger charge is 2.31. The standard InChI is InChI=1S/C10H21NO/c1-9(2)6-10(7-11)4-3-5-12-8-10/h9H,3-8,11H2,1-2H3. The van der Waals surface area contributed by atoms with E-state index in [1.54, 1.807) is 0 Å². The van der Waals surface area contributed by atoms with Crippen LogP contribution in [-0.4, -0.2) is 19.8 Å². The van der Waals surface area contributed by atoms with E-state index in [4.69, 9.17) is 10.5 Å². The summed E-state index contributed by atoms with van der Waals surface area (Å²) in [5, 5.41) is 0.